The molecule has 1 aliphatic rings. The Balaban J connectivity index is 2.16. The molecule has 3 rings (SSSR count). The van der Waals surface area contributed by atoms with Crippen LogP contribution >= 0.6 is 12.6 Å². The van der Waals surface area contributed by atoms with E-state index in [0.717, 1.165) is 35.8 Å². The molecule has 0 unspecified atom stereocenters. The van der Waals surface area contributed by atoms with E-state index < -0.39 is 0 Å². The first-order valence-electron chi connectivity index (χ1n) is 8.34. The number of hydrogen-bond acceptors (Lipinski definition) is 4. The summed E-state index contributed by atoms with van der Waals surface area (Å²) in [5, 5.41) is 1.75. The number of imide groups is 1. The van der Waals surface area contributed by atoms with Gasteiger partial charge in [-0.1, -0.05) is 25.5 Å². The van der Waals surface area contributed by atoms with Crippen LogP contribution in [0.5, 0.6) is 0 Å². The van der Waals surface area contributed by atoms with Crippen LogP contribution in [0.1, 0.15) is 40.5 Å². The van der Waals surface area contributed by atoms with Crippen LogP contribution in [0.25, 0.3) is 10.8 Å². The summed E-state index contributed by atoms with van der Waals surface area (Å²) < 4.78 is 0. The number of nitrogens with zero attached hydrogens (tertiary/aromatic N) is 2. The third-order valence-corrected chi connectivity index (χ3v) is 4.75. The second-order valence-electron chi connectivity index (χ2n) is 6.12. The lowest BCUT2D eigenvalue weighted by molar-refractivity contribution is 0.0621. The van der Waals surface area contributed by atoms with E-state index in [4.69, 9.17) is 0 Å². The van der Waals surface area contributed by atoms with Gasteiger partial charge in [0, 0.05) is 53.5 Å². The predicted octanol–water partition coefficient (Wildman–Crippen LogP) is 3.60. The van der Waals surface area contributed by atoms with Gasteiger partial charge in [0.25, 0.3) is 11.8 Å². The summed E-state index contributed by atoms with van der Waals surface area (Å²) in [4.78, 5) is 28.9. The summed E-state index contributed by atoms with van der Waals surface area (Å²) >= 11 is 4.16. The van der Waals surface area contributed by atoms with Crippen molar-refractivity contribution in [1.29, 1.82) is 0 Å². The average Bonchev–Trinajstić information content (AvgIpc) is 2.60. The molecule has 1 aliphatic heterocycles. The number of unbranched alkanes of at least 4 members (excludes halogenated alkanes) is 1. The topological polar surface area (TPSA) is 40.6 Å². The zero-order valence-corrected chi connectivity index (χ0v) is 15.0. The summed E-state index contributed by atoms with van der Waals surface area (Å²) in [6.45, 7) is 3.44. The highest BCUT2D eigenvalue weighted by atomic mass is 32.1. The van der Waals surface area contributed by atoms with Gasteiger partial charge in [0.05, 0.1) is 0 Å². The second kappa shape index (κ2) is 6.85. The highest BCUT2D eigenvalue weighted by Gasteiger charge is 2.32. The predicted molar refractivity (Wildman–Crippen MR) is 101 cm³/mol. The van der Waals surface area contributed by atoms with E-state index in [0.29, 0.717) is 23.4 Å². The maximum Gasteiger partial charge on any atom is 0.261 e. The van der Waals surface area contributed by atoms with Gasteiger partial charge in [-0.3, -0.25) is 14.5 Å². The zero-order chi connectivity index (χ0) is 17.3. The van der Waals surface area contributed by atoms with E-state index in [-0.39, 0.29) is 11.8 Å². The molecule has 0 aromatic heterocycles. The van der Waals surface area contributed by atoms with Gasteiger partial charge in [-0.25, -0.2) is 0 Å². The molecule has 0 aliphatic carbocycles. The van der Waals surface area contributed by atoms with Gasteiger partial charge in [0.15, 0.2) is 0 Å². The number of hydrogen-bond donors (Lipinski definition) is 1. The Morgan fingerprint density at radius 2 is 1.79 bits per heavy atom. The lowest BCUT2D eigenvalue weighted by atomic mass is 9.92. The van der Waals surface area contributed by atoms with Crippen molar-refractivity contribution < 1.29 is 9.59 Å². The van der Waals surface area contributed by atoms with Gasteiger partial charge in [-0.15, -0.1) is 0 Å². The van der Waals surface area contributed by atoms with E-state index in [2.05, 4.69) is 31.5 Å². The van der Waals surface area contributed by atoms with Crippen LogP contribution in [-0.4, -0.2) is 42.6 Å². The summed E-state index contributed by atoms with van der Waals surface area (Å²) in [6, 6.07) is 9.54. The molecule has 0 radical (unpaired) electrons. The van der Waals surface area contributed by atoms with Crippen molar-refractivity contribution in [3.05, 3.63) is 41.5 Å². The first kappa shape index (κ1) is 16.8. The molecular formula is C19H22N2O2S. The van der Waals surface area contributed by atoms with Crippen molar-refractivity contribution >= 4 is 40.9 Å². The monoisotopic (exact) mass is 342 g/mol. The van der Waals surface area contributed by atoms with E-state index in [9.17, 15) is 9.59 Å². The Bertz CT molecular complexity index is 781. The lowest BCUT2D eigenvalue weighted by Gasteiger charge is -2.29. The Kier molecular flexibility index (Phi) is 4.81. The number of benzene rings is 2. The van der Waals surface area contributed by atoms with Crippen LogP contribution in [0.15, 0.2) is 30.3 Å². The first-order chi connectivity index (χ1) is 11.6. The Morgan fingerprint density at radius 3 is 2.46 bits per heavy atom. The summed E-state index contributed by atoms with van der Waals surface area (Å²) in [6.07, 6.45) is 2.23. The molecule has 1 heterocycles. The third-order valence-electron chi connectivity index (χ3n) is 4.55. The Labute approximate surface area is 147 Å². The van der Waals surface area contributed by atoms with Crippen LogP contribution in [0.2, 0.25) is 0 Å². The standard InChI is InChI=1S/C19H22N2O2S/c1-3-4-10-20(2)16-9-8-15-17-13(16)6-5-7-14(17)18(22)21(11-12-24)19(15)23/h5-9,24H,3-4,10-12H2,1-2H3. The Hall–Kier alpha value is -2.01. The molecule has 0 atom stereocenters. The molecular weight excluding hydrogens is 320 g/mol. The maximum absolute atomic E-state index is 12.7. The Morgan fingerprint density at radius 1 is 1.08 bits per heavy atom. The van der Waals surface area contributed by atoms with Gasteiger partial charge in [-0.05, 0) is 24.6 Å². The lowest BCUT2D eigenvalue weighted by Crippen LogP contribution is -2.41. The summed E-state index contributed by atoms with van der Waals surface area (Å²) in [7, 11) is 2.05. The van der Waals surface area contributed by atoms with E-state index in [1.54, 1.807) is 0 Å². The fourth-order valence-corrected chi connectivity index (χ4v) is 3.48. The largest absolute Gasteiger partial charge is 0.374 e. The second-order valence-corrected chi connectivity index (χ2v) is 6.57. The maximum atomic E-state index is 12.7. The molecule has 2 amide bonds. The fourth-order valence-electron chi connectivity index (χ4n) is 3.28. The molecule has 0 saturated heterocycles. The van der Waals surface area contributed by atoms with Crippen molar-refractivity contribution in [2.45, 2.75) is 19.8 Å². The zero-order valence-electron chi connectivity index (χ0n) is 14.1. The molecule has 24 heavy (non-hydrogen) atoms. The fraction of sp³-hybridized carbons (Fsp3) is 0.368. The smallest absolute Gasteiger partial charge is 0.261 e. The van der Waals surface area contributed by atoms with Gasteiger partial charge < -0.3 is 4.90 Å². The van der Waals surface area contributed by atoms with Crippen LogP contribution in [0.3, 0.4) is 0 Å². The van der Waals surface area contributed by atoms with E-state index >= 15 is 0 Å². The third kappa shape index (κ3) is 2.67. The number of carbonyl (C=O) groups is 2. The van der Waals surface area contributed by atoms with E-state index in [1.807, 2.05) is 30.3 Å². The molecule has 5 heteroatoms. The van der Waals surface area contributed by atoms with Crippen LogP contribution in [0.4, 0.5) is 5.69 Å². The van der Waals surface area contributed by atoms with Crippen molar-refractivity contribution in [3.8, 4) is 0 Å². The number of carbonyl (C=O) groups excluding carboxylic acids is 2. The molecule has 2 aromatic rings. The van der Waals surface area contributed by atoms with Gasteiger partial charge in [0.1, 0.15) is 0 Å². The van der Waals surface area contributed by atoms with Crippen molar-refractivity contribution in [2.24, 2.45) is 0 Å². The van der Waals surface area contributed by atoms with Crippen molar-refractivity contribution in [1.82, 2.24) is 4.90 Å². The average molecular weight is 342 g/mol. The highest BCUT2D eigenvalue weighted by Crippen LogP contribution is 2.35. The minimum atomic E-state index is -0.222. The minimum absolute atomic E-state index is 0.222. The normalized spacial score (nSPS) is 13.7. The summed E-state index contributed by atoms with van der Waals surface area (Å²) in [5.74, 6) is 0.0155. The SMILES string of the molecule is CCCCN(C)c1ccc2c3c(cccc13)C(=O)N(CCS)C2=O. The molecule has 0 spiro atoms. The molecule has 126 valence electrons. The number of thiol groups is 1. The molecule has 4 nitrogen and oxygen atoms in total. The minimum Gasteiger partial charge on any atom is -0.374 e. The van der Waals surface area contributed by atoms with Crippen LogP contribution < -0.4 is 4.90 Å². The molecule has 0 N–H and O–H groups in total. The first-order valence-corrected chi connectivity index (χ1v) is 8.97. The van der Waals surface area contributed by atoms with Gasteiger partial charge >= 0.3 is 0 Å². The molecule has 0 saturated carbocycles. The summed E-state index contributed by atoms with van der Waals surface area (Å²) in [5.41, 5.74) is 2.27. The quantitative estimate of drug-likeness (QED) is 0.644. The van der Waals surface area contributed by atoms with Crippen LogP contribution in [0, 0.1) is 0 Å². The van der Waals surface area contributed by atoms with Gasteiger partial charge in [0.2, 0.25) is 0 Å². The molecule has 0 fully saturated rings. The number of anilines is 1. The van der Waals surface area contributed by atoms with Crippen molar-refractivity contribution in [3.63, 3.8) is 0 Å². The van der Waals surface area contributed by atoms with E-state index in [1.165, 1.54) is 4.90 Å². The molecule has 2 aromatic carbocycles. The highest BCUT2D eigenvalue weighted by molar-refractivity contribution is 7.80. The van der Waals surface area contributed by atoms with Crippen LogP contribution in [-0.2, 0) is 0 Å². The molecule has 0 bridgehead atoms. The number of amides is 2. The van der Waals surface area contributed by atoms with Crippen molar-refractivity contribution in [2.75, 3.05) is 30.8 Å². The van der Waals surface area contributed by atoms with Gasteiger partial charge in [-0.2, -0.15) is 12.6 Å². The number of rotatable bonds is 6.